The van der Waals surface area contributed by atoms with Gasteiger partial charge in [0.2, 0.25) is 17.6 Å². The second kappa shape index (κ2) is 7.97. The number of piperidine rings is 1. The number of benzene rings is 1. The highest BCUT2D eigenvalue weighted by atomic mass is 35.5. The van der Waals surface area contributed by atoms with Gasteiger partial charge in [-0.1, -0.05) is 28.9 Å². The molecule has 1 aromatic heterocycles. The van der Waals surface area contributed by atoms with Gasteiger partial charge in [-0.05, 0) is 51.9 Å². The summed E-state index contributed by atoms with van der Waals surface area (Å²) < 4.78 is 5.36. The maximum absolute atomic E-state index is 12.1. The smallest absolute Gasteiger partial charge is 0.241 e. The Morgan fingerprint density at radius 1 is 1.40 bits per heavy atom. The number of rotatable bonds is 5. The molecule has 0 radical (unpaired) electrons. The first-order valence-corrected chi connectivity index (χ1v) is 9.00. The Balaban J connectivity index is 1.54. The molecule has 1 aliphatic heterocycles. The normalized spacial score (nSPS) is 16.3. The fraction of sp³-hybridized carbons (Fsp3) is 0.500. The zero-order valence-electron chi connectivity index (χ0n) is 14.5. The lowest BCUT2D eigenvalue weighted by Crippen LogP contribution is -2.42. The molecule has 25 heavy (non-hydrogen) atoms. The van der Waals surface area contributed by atoms with Crippen LogP contribution in [-0.2, 0) is 11.3 Å². The van der Waals surface area contributed by atoms with Gasteiger partial charge in [-0.25, -0.2) is 0 Å². The maximum Gasteiger partial charge on any atom is 0.241 e. The molecule has 2 aromatic rings. The van der Waals surface area contributed by atoms with Gasteiger partial charge in [0.05, 0.1) is 6.54 Å². The van der Waals surface area contributed by atoms with Crippen molar-refractivity contribution in [1.82, 2.24) is 20.4 Å². The molecule has 1 fully saturated rings. The number of nitrogens with one attached hydrogen (secondary N) is 1. The number of carbonyl (C=O) groups excluding carboxylic acids is 1. The lowest BCUT2D eigenvalue weighted by molar-refractivity contribution is -0.127. The quantitative estimate of drug-likeness (QED) is 0.884. The molecule has 0 bridgehead atoms. The van der Waals surface area contributed by atoms with Gasteiger partial charge in [0, 0.05) is 22.5 Å². The van der Waals surface area contributed by atoms with Crippen molar-refractivity contribution < 1.29 is 9.32 Å². The summed E-state index contributed by atoms with van der Waals surface area (Å²) in [6, 6.07) is 7.58. The number of carbonyl (C=O) groups is 1. The summed E-state index contributed by atoms with van der Waals surface area (Å²) in [5.74, 6) is 1.39. The van der Waals surface area contributed by atoms with Crippen LogP contribution in [0.1, 0.15) is 32.6 Å². The summed E-state index contributed by atoms with van der Waals surface area (Å²) in [5, 5.41) is 7.67. The number of aromatic nitrogens is 2. The Morgan fingerprint density at radius 2 is 2.16 bits per heavy atom. The molecule has 0 atom stereocenters. The second-order valence-electron chi connectivity index (χ2n) is 6.74. The van der Waals surface area contributed by atoms with Crippen molar-refractivity contribution in [2.75, 3.05) is 13.1 Å². The van der Waals surface area contributed by atoms with E-state index >= 15 is 0 Å². The molecular weight excluding hydrogens is 340 g/mol. The van der Waals surface area contributed by atoms with Crippen molar-refractivity contribution in [1.29, 1.82) is 0 Å². The topological polar surface area (TPSA) is 71.3 Å². The SMILES string of the molecule is CC(C)NC(=O)C1CCN(Cc2nc(-c3cccc(Cl)c3)no2)CC1. The molecule has 134 valence electrons. The first kappa shape index (κ1) is 17.9. The van der Waals surface area contributed by atoms with E-state index in [2.05, 4.69) is 20.4 Å². The number of likely N-dealkylation sites (tertiary alicyclic amines) is 1. The predicted octanol–water partition coefficient (Wildman–Crippen LogP) is 3.13. The second-order valence-corrected chi connectivity index (χ2v) is 7.17. The van der Waals surface area contributed by atoms with Crippen LogP contribution in [0.5, 0.6) is 0 Å². The fourth-order valence-corrected chi connectivity index (χ4v) is 3.20. The molecule has 2 heterocycles. The highest BCUT2D eigenvalue weighted by molar-refractivity contribution is 6.30. The minimum absolute atomic E-state index is 0.100. The number of halogens is 1. The van der Waals surface area contributed by atoms with Gasteiger partial charge in [0.25, 0.3) is 0 Å². The van der Waals surface area contributed by atoms with Gasteiger partial charge in [-0.2, -0.15) is 4.98 Å². The average molecular weight is 363 g/mol. The van der Waals surface area contributed by atoms with E-state index < -0.39 is 0 Å². The van der Waals surface area contributed by atoms with Crippen molar-refractivity contribution >= 4 is 17.5 Å². The molecule has 7 heteroatoms. The molecule has 0 spiro atoms. The first-order chi connectivity index (χ1) is 12.0. The molecule has 1 aromatic carbocycles. The van der Waals surface area contributed by atoms with Crippen molar-refractivity contribution in [3.8, 4) is 11.4 Å². The van der Waals surface area contributed by atoms with E-state index in [-0.39, 0.29) is 17.9 Å². The Kier molecular flexibility index (Phi) is 5.71. The van der Waals surface area contributed by atoms with Crippen LogP contribution >= 0.6 is 11.6 Å². The van der Waals surface area contributed by atoms with E-state index in [1.807, 2.05) is 38.1 Å². The fourth-order valence-electron chi connectivity index (χ4n) is 3.01. The van der Waals surface area contributed by atoms with Crippen molar-refractivity contribution in [2.45, 2.75) is 39.3 Å². The molecule has 1 aliphatic rings. The number of hydrogen-bond donors (Lipinski definition) is 1. The standard InChI is InChI=1S/C18H23ClN4O2/c1-12(2)20-18(24)13-6-8-23(9-7-13)11-16-21-17(22-25-16)14-4-3-5-15(19)10-14/h3-5,10,12-13H,6-9,11H2,1-2H3,(H,20,24). The Hall–Kier alpha value is -1.92. The molecule has 6 nitrogen and oxygen atoms in total. The van der Waals surface area contributed by atoms with Gasteiger partial charge >= 0.3 is 0 Å². The van der Waals surface area contributed by atoms with E-state index in [1.165, 1.54) is 0 Å². The van der Waals surface area contributed by atoms with Crippen molar-refractivity contribution in [3.05, 3.63) is 35.2 Å². The van der Waals surface area contributed by atoms with E-state index in [1.54, 1.807) is 0 Å². The highest BCUT2D eigenvalue weighted by Crippen LogP contribution is 2.22. The van der Waals surface area contributed by atoms with E-state index in [0.717, 1.165) is 31.5 Å². The van der Waals surface area contributed by atoms with E-state index in [4.69, 9.17) is 16.1 Å². The molecule has 1 saturated heterocycles. The Labute approximate surface area is 152 Å². The minimum atomic E-state index is 0.100. The lowest BCUT2D eigenvalue weighted by atomic mass is 9.95. The molecule has 3 rings (SSSR count). The zero-order valence-corrected chi connectivity index (χ0v) is 15.3. The van der Waals surface area contributed by atoms with E-state index in [9.17, 15) is 4.79 Å². The summed E-state index contributed by atoms with van der Waals surface area (Å²) >= 11 is 6.00. The third-order valence-electron chi connectivity index (χ3n) is 4.30. The summed E-state index contributed by atoms with van der Waals surface area (Å²) in [4.78, 5) is 18.8. The highest BCUT2D eigenvalue weighted by Gasteiger charge is 2.26. The summed E-state index contributed by atoms with van der Waals surface area (Å²) in [6.45, 7) is 6.28. The van der Waals surface area contributed by atoms with Crippen LogP contribution in [0.3, 0.4) is 0 Å². The zero-order chi connectivity index (χ0) is 17.8. The first-order valence-electron chi connectivity index (χ1n) is 8.62. The van der Waals surface area contributed by atoms with Crippen LogP contribution < -0.4 is 5.32 Å². The van der Waals surface area contributed by atoms with Crippen LogP contribution in [0.25, 0.3) is 11.4 Å². The summed E-state index contributed by atoms with van der Waals surface area (Å²) in [7, 11) is 0. The molecule has 1 N–H and O–H groups in total. The van der Waals surface area contributed by atoms with Crippen LogP contribution in [0, 0.1) is 5.92 Å². The molecule has 0 unspecified atom stereocenters. The molecular formula is C18H23ClN4O2. The third kappa shape index (κ3) is 4.80. The largest absolute Gasteiger partial charge is 0.354 e. The minimum Gasteiger partial charge on any atom is -0.354 e. The summed E-state index contributed by atoms with van der Waals surface area (Å²) in [6.07, 6.45) is 1.71. The van der Waals surface area contributed by atoms with Crippen molar-refractivity contribution in [2.24, 2.45) is 5.92 Å². The maximum atomic E-state index is 12.1. The molecule has 1 amide bonds. The number of amides is 1. The van der Waals surface area contributed by atoms with E-state index in [0.29, 0.717) is 23.3 Å². The lowest BCUT2D eigenvalue weighted by Gasteiger charge is -2.30. The number of hydrogen-bond acceptors (Lipinski definition) is 5. The van der Waals surface area contributed by atoms with Gasteiger partial charge in [0.1, 0.15) is 0 Å². The Bertz CT molecular complexity index is 723. The third-order valence-corrected chi connectivity index (χ3v) is 4.53. The van der Waals surface area contributed by atoms with Crippen LogP contribution in [0.2, 0.25) is 5.02 Å². The molecule has 0 saturated carbocycles. The summed E-state index contributed by atoms with van der Waals surface area (Å²) in [5.41, 5.74) is 0.839. The van der Waals surface area contributed by atoms with Gasteiger partial charge in [-0.3, -0.25) is 9.69 Å². The van der Waals surface area contributed by atoms with Crippen LogP contribution in [0.4, 0.5) is 0 Å². The van der Waals surface area contributed by atoms with Gasteiger partial charge in [0.15, 0.2) is 0 Å². The van der Waals surface area contributed by atoms with Crippen LogP contribution in [0.15, 0.2) is 28.8 Å². The van der Waals surface area contributed by atoms with Gasteiger partial charge in [-0.15, -0.1) is 0 Å². The monoisotopic (exact) mass is 362 g/mol. The Morgan fingerprint density at radius 3 is 2.84 bits per heavy atom. The van der Waals surface area contributed by atoms with Gasteiger partial charge < -0.3 is 9.84 Å². The van der Waals surface area contributed by atoms with Crippen LogP contribution in [-0.4, -0.2) is 40.1 Å². The van der Waals surface area contributed by atoms with Crippen molar-refractivity contribution in [3.63, 3.8) is 0 Å². The molecule has 0 aliphatic carbocycles. The predicted molar refractivity (Wildman–Crippen MR) is 96.0 cm³/mol. The number of nitrogens with zero attached hydrogens (tertiary/aromatic N) is 3. The average Bonchev–Trinajstić information content (AvgIpc) is 3.03.